The molecule has 0 radical (unpaired) electrons. The molecule has 1 aliphatic heterocycles. The first-order valence-corrected chi connectivity index (χ1v) is 9.33. The lowest BCUT2D eigenvalue weighted by Crippen LogP contribution is -2.47. The van der Waals surface area contributed by atoms with Crippen molar-refractivity contribution in [2.45, 2.75) is 24.9 Å². The van der Waals surface area contributed by atoms with Crippen molar-refractivity contribution in [2.24, 2.45) is 0 Å². The van der Waals surface area contributed by atoms with Crippen LogP contribution in [-0.2, 0) is 19.0 Å². The predicted molar refractivity (Wildman–Crippen MR) is 107 cm³/mol. The Hall–Kier alpha value is -2.81. The predicted octanol–water partition coefficient (Wildman–Crippen LogP) is 2.71. The SMILES string of the molecule is COC(=O)[C@@]1(CO)O[C@H](c2ccc(C)cc2)O[C@@H]1c1cc(OC)c(OC)c(OC)c1. The highest BCUT2D eigenvalue weighted by Crippen LogP contribution is 2.50. The van der Waals surface area contributed by atoms with Gasteiger partial charge in [0, 0.05) is 5.56 Å². The number of carbonyl (C=O) groups is 1. The lowest BCUT2D eigenvalue weighted by Gasteiger charge is -2.28. The van der Waals surface area contributed by atoms with Crippen LogP contribution in [0.4, 0.5) is 0 Å². The fraction of sp³-hybridized carbons (Fsp3) is 0.409. The Labute approximate surface area is 175 Å². The van der Waals surface area contributed by atoms with E-state index in [1.54, 1.807) is 12.1 Å². The first-order valence-electron chi connectivity index (χ1n) is 9.33. The zero-order chi connectivity index (χ0) is 21.9. The smallest absolute Gasteiger partial charge is 0.343 e. The number of hydrogen-bond donors (Lipinski definition) is 1. The van der Waals surface area contributed by atoms with E-state index in [-0.39, 0.29) is 0 Å². The van der Waals surface area contributed by atoms with Crippen LogP contribution >= 0.6 is 0 Å². The molecule has 3 rings (SSSR count). The lowest BCUT2D eigenvalue weighted by molar-refractivity contribution is -0.176. The Kier molecular flexibility index (Phi) is 6.50. The molecular formula is C22H26O8. The van der Waals surface area contributed by atoms with Gasteiger partial charge in [-0.15, -0.1) is 0 Å². The van der Waals surface area contributed by atoms with Crippen LogP contribution in [-0.4, -0.2) is 51.7 Å². The van der Waals surface area contributed by atoms with Gasteiger partial charge in [0.1, 0.15) is 6.10 Å². The summed E-state index contributed by atoms with van der Waals surface area (Å²) in [5.74, 6) is 0.403. The van der Waals surface area contributed by atoms with Crippen molar-refractivity contribution in [1.29, 1.82) is 0 Å². The summed E-state index contributed by atoms with van der Waals surface area (Å²) in [6.45, 7) is 1.31. The van der Waals surface area contributed by atoms with Gasteiger partial charge in [0.2, 0.25) is 11.4 Å². The summed E-state index contributed by atoms with van der Waals surface area (Å²) in [4.78, 5) is 12.7. The summed E-state index contributed by atoms with van der Waals surface area (Å²) in [5, 5.41) is 10.2. The zero-order valence-corrected chi connectivity index (χ0v) is 17.6. The normalized spacial score (nSPS) is 23.1. The molecule has 0 aliphatic carbocycles. The van der Waals surface area contributed by atoms with Gasteiger partial charge < -0.3 is 33.5 Å². The van der Waals surface area contributed by atoms with Gasteiger partial charge in [-0.3, -0.25) is 0 Å². The third kappa shape index (κ3) is 3.69. The Morgan fingerprint density at radius 1 is 1.00 bits per heavy atom. The molecule has 0 spiro atoms. The van der Waals surface area contributed by atoms with E-state index in [1.165, 1.54) is 28.4 Å². The van der Waals surface area contributed by atoms with Crippen LogP contribution in [0, 0.1) is 6.92 Å². The molecule has 2 aromatic carbocycles. The van der Waals surface area contributed by atoms with E-state index in [9.17, 15) is 9.90 Å². The van der Waals surface area contributed by atoms with Crippen molar-refractivity contribution in [2.75, 3.05) is 35.0 Å². The largest absolute Gasteiger partial charge is 0.493 e. The van der Waals surface area contributed by atoms with Crippen molar-refractivity contribution in [1.82, 2.24) is 0 Å². The van der Waals surface area contributed by atoms with Crippen molar-refractivity contribution < 1.29 is 38.3 Å². The van der Waals surface area contributed by atoms with Gasteiger partial charge in [0.15, 0.2) is 17.8 Å². The van der Waals surface area contributed by atoms with Crippen LogP contribution in [0.2, 0.25) is 0 Å². The first-order chi connectivity index (χ1) is 14.4. The minimum absolute atomic E-state index is 0.381. The molecule has 8 heteroatoms. The number of rotatable bonds is 7. The molecule has 1 N–H and O–H groups in total. The molecule has 1 saturated heterocycles. The van der Waals surface area contributed by atoms with E-state index in [2.05, 4.69) is 0 Å². The molecule has 0 bridgehead atoms. The average molecular weight is 418 g/mol. The molecule has 30 heavy (non-hydrogen) atoms. The Balaban J connectivity index is 2.12. The van der Waals surface area contributed by atoms with Crippen molar-refractivity contribution in [3.05, 3.63) is 53.1 Å². The van der Waals surface area contributed by atoms with Gasteiger partial charge in [-0.1, -0.05) is 29.8 Å². The summed E-state index contributed by atoms with van der Waals surface area (Å²) in [5.41, 5.74) is 0.504. The molecule has 0 unspecified atom stereocenters. The molecule has 8 nitrogen and oxygen atoms in total. The highest BCUT2D eigenvalue weighted by Gasteiger charge is 2.57. The van der Waals surface area contributed by atoms with Gasteiger partial charge >= 0.3 is 5.97 Å². The van der Waals surface area contributed by atoms with Gasteiger partial charge in [0.05, 0.1) is 35.0 Å². The van der Waals surface area contributed by atoms with Gasteiger partial charge in [-0.25, -0.2) is 4.79 Å². The second-order valence-electron chi connectivity index (χ2n) is 6.87. The van der Waals surface area contributed by atoms with Crippen LogP contribution < -0.4 is 14.2 Å². The van der Waals surface area contributed by atoms with E-state index in [4.69, 9.17) is 28.4 Å². The number of aliphatic hydroxyl groups excluding tert-OH is 1. The van der Waals surface area contributed by atoms with Gasteiger partial charge in [-0.05, 0) is 24.6 Å². The Morgan fingerprint density at radius 2 is 1.60 bits per heavy atom. The maximum atomic E-state index is 12.7. The minimum Gasteiger partial charge on any atom is -0.493 e. The standard InChI is InChI=1S/C22H26O8/c1-13-6-8-14(9-7-13)20-29-19(22(12-23,30-20)21(24)28-5)15-10-16(25-2)18(27-4)17(11-15)26-3/h6-11,19-20,23H,12H2,1-5H3/t19-,20-,22+/m1/s1. The van der Waals surface area contributed by atoms with Crippen LogP contribution in [0.25, 0.3) is 0 Å². The van der Waals surface area contributed by atoms with E-state index in [1.807, 2.05) is 31.2 Å². The third-order valence-corrected chi connectivity index (χ3v) is 5.11. The molecule has 0 aromatic heterocycles. The molecule has 1 aliphatic rings. The number of carbonyl (C=O) groups excluding carboxylic acids is 1. The summed E-state index contributed by atoms with van der Waals surface area (Å²) in [6, 6.07) is 10.8. The number of aliphatic hydroxyl groups is 1. The Morgan fingerprint density at radius 3 is 2.07 bits per heavy atom. The van der Waals surface area contributed by atoms with Crippen molar-refractivity contribution in [3.8, 4) is 17.2 Å². The molecule has 1 fully saturated rings. The molecule has 2 aromatic rings. The maximum absolute atomic E-state index is 12.7. The number of benzene rings is 2. The van der Waals surface area contributed by atoms with Crippen molar-refractivity contribution in [3.63, 3.8) is 0 Å². The molecule has 0 amide bonds. The number of hydrogen-bond acceptors (Lipinski definition) is 8. The zero-order valence-electron chi connectivity index (χ0n) is 17.6. The third-order valence-electron chi connectivity index (χ3n) is 5.11. The minimum atomic E-state index is -1.77. The number of aryl methyl sites for hydroxylation is 1. The van der Waals surface area contributed by atoms with Crippen LogP contribution in [0.15, 0.2) is 36.4 Å². The monoisotopic (exact) mass is 418 g/mol. The fourth-order valence-corrected chi connectivity index (χ4v) is 3.50. The highest BCUT2D eigenvalue weighted by molar-refractivity contribution is 5.81. The second kappa shape index (κ2) is 8.91. The summed E-state index contributed by atoms with van der Waals surface area (Å²) >= 11 is 0. The molecular weight excluding hydrogens is 392 g/mol. The summed E-state index contributed by atoms with van der Waals surface area (Å²) in [7, 11) is 5.70. The number of esters is 1. The molecule has 3 atom stereocenters. The highest BCUT2D eigenvalue weighted by atomic mass is 16.8. The number of ether oxygens (including phenoxy) is 6. The first kappa shape index (κ1) is 21.9. The maximum Gasteiger partial charge on any atom is 0.343 e. The molecule has 0 saturated carbocycles. The van der Waals surface area contributed by atoms with Gasteiger partial charge in [0.25, 0.3) is 0 Å². The molecule has 1 heterocycles. The summed E-state index contributed by atoms with van der Waals surface area (Å²) < 4.78 is 33.3. The van der Waals surface area contributed by atoms with E-state index >= 15 is 0 Å². The quantitative estimate of drug-likeness (QED) is 0.686. The fourth-order valence-electron chi connectivity index (χ4n) is 3.50. The van der Waals surface area contributed by atoms with Crippen LogP contribution in [0.1, 0.15) is 29.1 Å². The van der Waals surface area contributed by atoms with E-state index in [0.29, 0.717) is 28.4 Å². The van der Waals surface area contributed by atoms with Gasteiger partial charge in [-0.2, -0.15) is 0 Å². The van der Waals surface area contributed by atoms with Crippen LogP contribution in [0.5, 0.6) is 17.2 Å². The second-order valence-corrected chi connectivity index (χ2v) is 6.87. The van der Waals surface area contributed by atoms with E-state index in [0.717, 1.165) is 5.56 Å². The van der Waals surface area contributed by atoms with Crippen LogP contribution in [0.3, 0.4) is 0 Å². The molecule has 162 valence electrons. The lowest BCUT2D eigenvalue weighted by atomic mass is 9.91. The van der Waals surface area contributed by atoms with E-state index < -0.39 is 30.6 Å². The average Bonchev–Trinajstić information content (AvgIpc) is 3.18. The number of methoxy groups -OCH3 is 4. The van der Waals surface area contributed by atoms with Crippen molar-refractivity contribution >= 4 is 5.97 Å². The topological polar surface area (TPSA) is 92.7 Å². The summed E-state index contributed by atoms with van der Waals surface area (Å²) in [6.07, 6.45) is -1.88. The Bertz CT molecular complexity index is 870.